The van der Waals surface area contributed by atoms with Crippen molar-refractivity contribution in [3.8, 4) is 0 Å². The maximum absolute atomic E-state index is 6.08. The summed E-state index contributed by atoms with van der Waals surface area (Å²) >= 11 is 0. The van der Waals surface area contributed by atoms with E-state index in [1.54, 1.807) is 0 Å². The number of hydrogen-bond donors (Lipinski definition) is 0. The van der Waals surface area contributed by atoms with Crippen molar-refractivity contribution in [1.29, 1.82) is 0 Å². The van der Waals surface area contributed by atoms with Crippen LogP contribution in [0, 0.1) is 0 Å². The summed E-state index contributed by atoms with van der Waals surface area (Å²) in [6, 6.07) is 8.63. The molecule has 0 amide bonds. The Morgan fingerprint density at radius 2 is 1.50 bits per heavy atom. The first-order chi connectivity index (χ1) is 9.30. The predicted octanol–water partition coefficient (Wildman–Crippen LogP) is 3.20. The van der Waals surface area contributed by atoms with Crippen molar-refractivity contribution in [2.45, 2.75) is 57.2 Å². The van der Waals surface area contributed by atoms with Crippen LogP contribution in [-0.4, -0.2) is 18.3 Å². The third-order valence-electron chi connectivity index (χ3n) is 5.19. The van der Waals surface area contributed by atoms with Gasteiger partial charge in [-0.1, -0.05) is 30.3 Å². The van der Waals surface area contributed by atoms with Crippen LogP contribution in [0.2, 0.25) is 0 Å². The van der Waals surface area contributed by atoms with Crippen LogP contribution < -0.4 is 5.46 Å². The van der Waals surface area contributed by atoms with Crippen molar-refractivity contribution in [1.82, 2.24) is 0 Å². The number of benzene rings is 1. The molecule has 1 saturated heterocycles. The molecule has 3 heteroatoms. The summed E-state index contributed by atoms with van der Waals surface area (Å²) in [4.78, 5) is 0. The Morgan fingerprint density at radius 3 is 1.90 bits per heavy atom. The van der Waals surface area contributed by atoms with Gasteiger partial charge in [-0.15, -0.1) is 6.58 Å². The molecule has 1 saturated carbocycles. The second kappa shape index (κ2) is 4.22. The fraction of sp³-hybridized carbons (Fsp3) is 0.529. The molecule has 0 atom stereocenters. The van der Waals surface area contributed by atoms with E-state index < -0.39 is 0 Å². The van der Waals surface area contributed by atoms with E-state index in [0.717, 1.165) is 5.46 Å². The highest BCUT2D eigenvalue weighted by atomic mass is 16.7. The lowest BCUT2D eigenvalue weighted by Crippen LogP contribution is -2.41. The van der Waals surface area contributed by atoms with E-state index in [0.29, 0.717) is 0 Å². The Balaban J connectivity index is 1.81. The highest BCUT2D eigenvalue weighted by Gasteiger charge is 2.51. The minimum absolute atomic E-state index is 0.231. The van der Waals surface area contributed by atoms with Crippen LogP contribution in [-0.2, 0) is 14.7 Å². The average Bonchev–Trinajstić information content (AvgIpc) is 3.14. The summed E-state index contributed by atoms with van der Waals surface area (Å²) in [7, 11) is -0.270. The molecule has 2 fully saturated rings. The Labute approximate surface area is 122 Å². The molecule has 1 heterocycles. The molecule has 3 rings (SSSR count). The van der Waals surface area contributed by atoms with Crippen molar-refractivity contribution >= 4 is 12.6 Å². The zero-order chi connectivity index (χ0) is 14.6. The van der Waals surface area contributed by atoms with Crippen LogP contribution in [0.25, 0.3) is 0 Å². The fourth-order valence-corrected chi connectivity index (χ4v) is 2.70. The van der Waals surface area contributed by atoms with E-state index in [1.165, 1.54) is 18.4 Å². The summed E-state index contributed by atoms with van der Waals surface area (Å²) in [5.41, 5.74) is 2.11. The van der Waals surface area contributed by atoms with Crippen LogP contribution in [0.1, 0.15) is 46.1 Å². The van der Waals surface area contributed by atoms with Gasteiger partial charge in [-0.2, -0.15) is 0 Å². The van der Waals surface area contributed by atoms with Crippen molar-refractivity contribution in [2.75, 3.05) is 0 Å². The molecule has 0 radical (unpaired) electrons. The van der Waals surface area contributed by atoms with Gasteiger partial charge in [0.2, 0.25) is 0 Å². The van der Waals surface area contributed by atoms with Gasteiger partial charge in [0.25, 0.3) is 0 Å². The van der Waals surface area contributed by atoms with Crippen LogP contribution in [0.15, 0.2) is 36.9 Å². The van der Waals surface area contributed by atoms with Crippen LogP contribution in [0.4, 0.5) is 0 Å². The van der Waals surface area contributed by atoms with E-state index in [9.17, 15) is 0 Å². The van der Waals surface area contributed by atoms with E-state index >= 15 is 0 Å². The molecule has 1 aromatic carbocycles. The zero-order valence-corrected chi connectivity index (χ0v) is 12.9. The molecule has 0 N–H and O–H groups in total. The topological polar surface area (TPSA) is 18.5 Å². The first-order valence-electron chi connectivity index (χ1n) is 7.39. The van der Waals surface area contributed by atoms with Gasteiger partial charge < -0.3 is 9.31 Å². The van der Waals surface area contributed by atoms with Crippen LogP contribution in [0.3, 0.4) is 0 Å². The Hall–Kier alpha value is -1.06. The fourth-order valence-electron chi connectivity index (χ4n) is 2.70. The molecule has 0 aromatic heterocycles. The van der Waals surface area contributed by atoms with Gasteiger partial charge in [0, 0.05) is 5.41 Å². The largest absolute Gasteiger partial charge is 0.494 e. The van der Waals surface area contributed by atoms with E-state index in [-0.39, 0.29) is 23.7 Å². The quantitative estimate of drug-likeness (QED) is 0.620. The van der Waals surface area contributed by atoms with Crippen LogP contribution in [0.5, 0.6) is 0 Å². The monoisotopic (exact) mass is 270 g/mol. The summed E-state index contributed by atoms with van der Waals surface area (Å²) in [5.74, 6) is 0. The summed E-state index contributed by atoms with van der Waals surface area (Å²) in [6.45, 7) is 12.3. The van der Waals surface area contributed by atoms with Gasteiger partial charge in [0.15, 0.2) is 0 Å². The predicted molar refractivity (Wildman–Crippen MR) is 83.3 cm³/mol. The maximum atomic E-state index is 6.08. The molecular weight excluding hydrogens is 247 g/mol. The molecule has 106 valence electrons. The Kier molecular flexibility index (Phi) is 2.93. The molecule has 20 heavy (non-hydrogen) atoms. The normalized spacial score (nSPS) is 25.5. The van der Waals surface area contributed by atoms with Gasteiger partial charge >= 0.3 is 7.12 Å². The number of allylic oxidation sites excluding steroid dienone is 1. The van der Waals surface area contributed by atoms with E-state index in [1.807, 2.05) is 0 Å². The number of rotatable bonds is 3. The van der Waals surface area contributed by atoms with Gasteiger partial charge in [0.1, 0.15) is 0 Å². The highest BCUT2D eigenvalue weighted by Crippen LogP contribution is 2.48. The minimum atomic E-state index is -0.283. The number of hydrogen-bond acceptors (Lipinski definition) is 2. The standard InChI is InChI=1S/C17H23BO2/c1-6-17(11-12-17)13-7-9-14(10-8-13)18-19-15(2,3)16(4,5)20-18/h6-10H,1,11-12H2,2-5H3. The molecular formula is C17H23BO2. The highest BCUT2D eigenvalue weighted by molar-refractivity contribution is 6.62. The zero-order valence-electron chi connectivity index (χ0n) is 12.9. The van der Waals surface area contributed by atoms with Crippen molar-refractivity contribution < 1.29 is 9.31 Å². The lowest BCUT2D eigenvalue weighted by Gasteiger charge is -2.32. The molecule has 0 bridgehead atoms. The SMILES string of the molecule is C=CC1(c2ccc(B3OC(C)(C)C(C)(C)O3)cc2)CC1. The van der Waals surface area contributed by atoms with Crippen molar-refractivity contribution in [3.05, 3.63) is 42.5 Å². The lowest BCUT2D eigenvalue weighted by molar-refractivity contribution is 0.00578. The second-order valence-corrected chi connectivity index (χ2v) is 7.07. The minimum Gasteiger partial charge on any atom is -0.399 e. The maximum Gasteiger partial charge on any atom is 0.494 e. The third-order valence-corrected chi connectivity index (χ3v) is 5.19. The smallest absolute Gasteiger partial charge is 0.399 e. The first-order valence-corrected chi connectivity index (χ1v) is 7.39. The Morgan fingerprint density at radius 1 is 1.00 bits per heavy atom. The molecule has 0 unspecified atom stereocenters. The first kappa shape index (κ1) is 13.9. The van der Waals surface area contributed by atoms with Crippen LogP contribution >= 0.6 is 0 Å². The van der Waals surface area contributed by atoms with E-state index in [2.05, 4.69) is 64.6 Å². The van der Waals surface area contributed by atoms with Crippen molar-refractivity contribution in [3.63, 3.8) is 0 Å². The van der Waals surface area contributed by atoms with Gasteiger partial charge in [0.05, 0.1) is 11.2 Å². The van der Waals surface area contributed by atoms with Gasteiger partial charge in [-0.25, -0.2) is 0 Å². The Bertz CT molecular complexity index is 510. The molecule has 1 aliphatic heterocycles. The third kappa shape index (κ3) is 2.04. The van der Waals surface area contributed by atoms with Crippen molar-refractivity contribution in [2.24, 2.45) is 0 Å². The lowest BCUT2D eigenvalue weighted by atomic mass is 9.78. The summed E-state index contributed by atoms with van der Waals surface area (Å²) < 4.78 is 12.2. The van der Waals surface area contributed by atoms with Gasteiger partial charge in [-0.3, -0.25) is 0 Å². The average molecular weight is 270 g/mol. The molecule has 0 spiro atoms. The molecule has 2 aliphatic rings. The second-order valence-electron chi connectivity index (χ2n) is 7.07. The van der Waals surface area contributed by atoms with Gasteiger partial charge in [-0.05, 0) is 51.6 Å². The summed E-state index contributed by atoms with van der Waals surface area (Å²) in [5, 5.41) is 0. The molecule has 1 aliphatic carbocycles. The molecule has 1 aromatic rings. The summed E-state index contributed by atoms with van der Waals surface area (Å²) in [6.07, 6.45) is 4.51. The van der Waals surface area contributed by atoms with E-state index in [4.69, 9.17) is 9.31 Å². The molecule has 2 nitrogen and oxygen atoms in total.